The first kappa shape index (κ1) is 12.5. The van der Waals surface area contributed by atoms with Gasteiger partial charge in [0, 0.05) is 19.6 Å². The molecular formula is C11H22N2O2. The van der Waals surface area contributed by atoms with Crippen molar-refractivity contribution in [2.75, 3.05) is 19.6 Å². The van der Waals surface area contributed by atoms with Gasteiger partial charge < -0.3 is 15.3 Å². The van der Waals surface area contributed by atoms with Crippen LogP contribution in [0.1, 0.15) is 33.1 Å². The summed E-state index contributed by atoms with van der Waals surface area (Å²) in [6, 6.07) is -0.183. The Hall–Kier alpha value is -0.610. The molecule has 15 heavy (non-hydrogen) atoms. The fraction of sp³-hybridized carbons (Fsp3) is 0.909. The molecule has 2 N–H and O–H groups in total. The predicted molar refractivity (Wildman–Crippen MR) is 59.6 cm³/mol. The number of hydrogen-bond donors (Lipinski definition) is 2. The van der Waals surface area contributed by atoms with E-state index in [9.17, 15) is 4.79 Å². The lowest BCUT2D eigenvalue weighted by molar-refractivity contribution is -0.134. The van der Waals surface area contributed by atoms with E-state index in [2.05, 4.69) is 5.32 Å². The molecule has 88 valence electrons. The van der Waals surface area contributed by atoms with E-state index < -0.39 is 6.10 Å². The Labute approximate surface area is 91.6 Å². The number of nitrogens with one attached hydrogen (secondary N) is 1. The molecule has 0 aromatic carbocycles. The van der Waals surface area contributed by atoms with Crippen LogP contribution in [0.4, 0.5) is 0 Å². The second-order valence-corrected chi connectivity index (χ2v) is 4.36. The highest BCUT2D eigenvalue weighted by Gasteiger charge is 2.21. The van der Waals surface area contributed by atoms with Gasteiger partial charge in [0.05, 0.1) is 12.1 Å². The number of rotatable bonds is 4. The Kier molecular flexibility index (Phi) is 5.05. The zero-order valence-corrected chi connectivity index (χ0v) is 9.70. The van der Waals surface area contributed by atoms with Gasteiger partial charge in [-0.3, -0.25) is 4.79 Å². The van der Waals surface area contributed by atoms with E-state index >= 15 is 0 Å². The number of nitrogens with zero attached hydrogens (tertiary/aromatic N) is 1. The Morgan fingerprint density at radius 2 is 1.93 bits per heavy atom. The van der Waals surface area contributed by atoms with Gasteiger partial charge >= 0.3 is 0 Å². The summed E-state index contributed by atoms with van der Waals surface area (Å²) in [5.41, 5.74) is 0. The molecule has 4 heteroatoms. The first-order valence-electron chi connectivity index (χ1n) is 5.81. The van der Waals surface area contributed by atoms with Gasteiger partial charge in [0.25, 0.3) is 0 Å². The molecule has 1 fully saturated rings. The van der Waals surface area contributed by atoms with Crippen molar-refractivity contribution in [1.29, 1.82) is 0 Å². The van der Waals surface area contributed by atoms with Crippen molar-refractivity contribution in [2.24, 2.45) is 0 Å². The van der Waals surface area contributed by atoms with Crippen molar-refractivity contribution in [3.63, 3.8) is 0 Å². The monoisotopic (exact) mass is 214 g/mol. The summed E-state index contributed by atoms with van der Waals surface area (Å²) in [6.45, 7) is 5.82. The van der Waals surface area contributed by atoms with E-state index in [4.69, 9.17) is 5.11 Å². The van der Waals surface area contributed by atoms with Crippen LogP contribution >= 0.6 is 0 Å². The lowest BCUT2D eigenvalue weighted by atomic mass is 10.1. The van der Waals surface area contributed by atoms with Crippen LogP contribution in [0.15, 0.2) is 0 Å². The highest BCUT2D eigenvalue weighted by Crippen LogP contribution is 2.09. The molecule has 0 spiro atoms. The summed E-state index contributed by atoms with van der Waals surface area (Å²) in [4.78, 5) is 13.8. The molecular weight excluding hydrogens is 192 g/mol. The number of amides is 1. The van der Waals surface area contributed by atoms with Gasteiger partial charge in [-0.15, -0.1) is 0 Å². The Morgan fingerprint density at radius 1 is 1.33 bits per heavy atom. The minimum atomic E-state index is -0.401. The van der Waals surface area contributed by atoms with Crippen molar-refractivity contribution >= 4 is 5.91 Å². The number of piperidine rings is 1. The van der Waals surface area contributed by atoms with Crippen LogP contribution in [0.3, 0.4) is 0 Å². The number of aliphatic hydroxyl groups is 1. The molecule has 0 aromatic rings. The molecule has 2 atom stereocenters. The van der Waals surface area contributed by atoms with Gasteiger partial charge in [0.15, 0.2) is 0 Å². The highest BCUT2D eigenvalue weighted by molar-refractivity contribution is 5.81. The first-order chi connectivity index (χ1) is 7.11. The standard InChI is InChI=1S/C11H22N2O2/c1-9(14)8-12-10(2)11(15)13-6-4-3-5-7-13/h9-10,12,14H,3-8H2,1-2H3/t9-,10?/m0/s1. The molecule has 1 heterocycles. The SMILES string of the molecule is CC(NC[C@H](C)O)C(=O)N1CCCCC1. The topological polar surface area (TPSA) is 52.6 Å². The minimum absolute atomic E-state index is 0.162. The molecule has 1 rings (SSSR count). The molecule has 1 amide bonds. The lowest BCUT2D eigenvalue weighted by Crippen LogP contribution is -2.48. The average molecular weight is 214 g/mol. The smallest absolute Gasteiger partial charge is 0.239 e. The fourth-order valence-electron chi connectivity index (χ4n) is 1.82. The Morgan fingerprint density at radius 3 is 2.47 bits per heavy atom. The molecule has 0 aliphatic carbocycles. The maximum Gasteiger partial charge on any atom is 0.239 e. The first-order valence-corrected chi connectivity index (χ1v) is 5.81. The summed E-state index contributed by atoms with van der Waals surface area (Å²) in [5.74, 6) is 0.162. The zero-order chi connectivity index (χ0) is 11.3. The summed E-state index contributed by atoms with van der Waals surface area (Å²) in [5, 5.41) is 12.1. The largest absolute Gasteiger partial charge is 0.392 e. The summed E-state index contributed by atoms with van der Waals surface area (Å²) in [7, 11) is 0. The summed E-state index contributed by atoms with van der Waals surface area (Å²) >= 11 is 0. The quantitative estimate of drug-likeness (QED) is 0.710. The zero-order valence-electron chi connectivity index (χ0n) is 9.70. The van der Waals surface area contributed by atoms with Gasteiger partial charge in [-0.25, -0.2) is 0 Å². The van der Waals surface area contributed by atoms with Crippen LogP contribution in [0.2, 0.25) is 0 Å². The fourth-order valence-corrected chi connectivity index (χ4v) is 1.82. The summed E-state index contributed by atoms with van der Waals surface area (Å²) in [6.07, 6.45) is 3.07. The molecule has 0 aromatic heterocycles. The molecule has 1 aliphatic rings. The van der Waals surface area contributed by atoms with E-state index in [0.717, 1.165) is 25.9 Å². The van der Waals surface area contributed by atoms with Crippen LogP contribution in [-0.4, -0.2) is 47.7 Å². The van der Waals surface area contributed by atoms with Crippen molar-refractivity contribution in [1.82, 2.24) is 10.2 Å². The Bertz CT molecular complexity index is 201. The highest BCUT2D eigenvalue weighted by atomic mass is 16.3. The van der Waals surface area contributed by atoms with E-state index in [1.165, 1.54) is 6.42 Å². The van der Waals surface area contributed by atoms with Crippen molar-refractivity contribution < 1.29 is 9.90 Å². The second kappa shape index (κ2) is 6.08. The van der Waals surface area contributed by atoms with E-state index in [1.807, 2.05) is 11.8 Å². The van der Waals surface area contributed by atoms with E-state index in [0.29, 0.717) is 6.54 Å². The third-order valence-corrected chi connectivity index (χ3v) is 2.76. The number of aliphatic hydroxyl groups excluding tert-OH is 1. The molecule has 1 saturated heterocycles. The number of hydrogen-bond acceptors (Lipinski definition) is 3. The van der Waals surface area contributed by atoms with Crippen LogP contribution in [0, 0.1) is 0 Å². The van der Waals surface area contributed by atoms with Crippen LogP contribution < -0.4 is 5.32 Å². The van der Waals surface area contributed by atoms with E-state index in [1.54, 1.807) is 6.92 Å². The van der Waals surface area contributed by atoms with E-state index in [-0.39, 0.29) is 11.9 Å². The maximum atomic E-state index is 11.9. The average Bonchev–Trinajstić information content (AvgIpc) is 2.26. The van der Waals surface area contributed by atoms with Crippen molar-refractivity contribution in [3.05, 3.63) is 0 Å². The third-order valence-electron chi connectivity index (χ3n) is 2.76. The maximum absolute atomic E-state index is 11.9. The molecule has 0 radical (unpaired) electrons. The molecule has 0 bridgehead atoms. The normalized spacial score (nSPS) is 21.1. The second-order valence-electron chi connectivity index (χ2n) is 4.36. The van der Waals surface area contributed by atoms with Gasteiger partial charge in [0.1, 0.15) is 0 Å². The van der Waals surface area contributed by atoms with Gasteiger partial charge in [0.2, 0.25) is 5.91 Å². The van der Waals surface area contributed by atoms with Crippen LogP contribution in [0.25, 0.3) is 0 Å². The molecule has 4 nitrogen and oxygen atoms in total. The number of carbonyl (C=O) groups excluding carboxylic acids is 1. The van der Waals surface area contributed by atoms with Crippen LogP contribution in [-0.2, 0) is 4.79 Å². The number of likely N-dealkylation sites (tertiary alicyclic amines) is 1. The summed E-state index contributed by atoms with van der Waals surface area (Å²) < 4.78 is 0. The third kappa shape index (κ3) is 4.18. The lowest BCUT2D eigenvalue weighted by Gasteiger charge is -2.29. The number of carbonyl (C=O) groups is 1. The van der Waals surface area contributed by atoms with Crippen molar-refractivity contribution in [3.8, 4) is 0 Å². The Balaban J connectivity index is 2.30. The molecule has 0 saturated carbocycles. The van der Waals surface area contributed by atoms with Crippen molar-refractivity contribution in [2.45, 2.75) is 45.3 Å². The predicted octanol–water partition coefficient (Wildman–Crippen LogP) is 0.358. The van der Waals surface area contributed by atoms with Gasteiger partial charge in [-0.1, -0.05) is 0 Å². The van der Waals surface area contributed by atoms with Gasteiger partial charge in [-0.2, -0.15) is 0 Å². The van der Waals surface area contributed by atoms with Gasteiger partial charge in [-0.05, 0) is 33.1 Å². The minimum Gasteiger partial charge on any atom is -0.392 e. The molecule has 1 unspecified atom stereocenters. The van der Waals surface area contributed by atoms with Crippen LogP contribution in [0.5, 0.6) is 0 Å². The molecule has 1 aliphatic heterocycles.